The molecule has 23 heavy (non-hydrogen) atoms. The van der Waals surface area contributed by atoms with Crippen LogP contribution >= 0.6 is 0 Å². The Labute approximate surface area is 133 Å². The zero-order valence-electron chi connectivity index (χ0n) is 12.8. The number of halogens is 3. The normalized spacial score (nSPS) is 13.5. The number of alkyl halides is 3. The lowest BCUT2D eigenvalue weighted by atomic mass is 10.1. The molecule has 0 N–H and O–H groups in total. The molecule has 0 aliphatic carbocycles. The van der Waals surface area contributed by atoms with Crippen LogP contribution in [0.3, 0.4) is 0 Å². The summed E-state index contributed by atoms with van der Waals surface area (Å²) in [5.41, 5.74) is -5.52. The number of imidazole rings is 1. The second kappa shape index (κ2) is 8.32. The van der Waals surface area contributed by atoms with Crippen molar-refractivity contribution in [2.75, 3.05) is 0 Å². The van der Waals surface area contributed by atoms with Crippen LogP contribution in [-0.4, -0.2) is 24.4 Å². The SMILES string of the molecule is CCn1cc[n+](CCCCCC/C([O-])=N/S(=O)(=O)C(F)(F)F)c1. The molecule has 6 nitrogen and oxygen atoms in total. The highest BCUT2D eigenvalue weighted by molar-refractivity contribution is 7.91. The molecule has 0 saturated carbocycles. The van der Waals surface area contributed by atoms with E-state index in [0.717, 1.165) is 25.9 Å². The molecule has 0 aromatic carbocycles. The molecule has 1 rings (SSSR count). The van der Waals surface area contributed by atoms with E-state index in [-0.39, 0.29) is 6.42 Å². The van der Waals surface area contributed by atoms with Gasteiger partial charge in [-0.25, -0.2) is 9.13 Å². The first-order chi connectivity index (χ1) is 10.7. The van der Waals surface area contributed by atoms with Crippen LogP contribution in [0.4, 0.5) is 13.2 Å². The molecule has 0 unspecified atom stereocenters. The molecule has 132 valence electrons. The number of aryl methyl sites for hydroxylation is 2. The van der Waals surface area contributed by atoms with Gasteiger partial charge in [0, 0.05) is 0 Å². The molecule has 0 radical (unpaired) electrons. The third-order valence-electron chi connectivity index (χ3n) is 3.18. The number of nitrogens with zero attached hydrogens (tertiary/aromatic N) is 3. The van der Waals surface area contributed by atoms with Crippen LogP contribution in [0.25, 0.3) is 0 Å². The highest BCUT2D eigenvalue weighted by atomic mass is 32.2. The van der Waals surface area contributed by atoms with Crippen molar-refractivity contribution in [3.05, 3.63) is 18.7 Å². The van der Waals surface area contributed by atoms with Gasteiger partial charge in [0.2, 0.25) is 6.33 Å². The minimum atomic E-state index is -5.71. The summed E-state index contributed by atoms with van der Waals surface area (Å²) in [6, 6.07) is 0. The van der Waals surface area contributed by atoms with Crippen molar-refractivity contribution in [1.29, 1.82) is 0 Å². The van der Waals surface area contributed by atoms with Gasteiger partial charge in [-0.15, -0.1) is 0 Å². The first kappa shape index (κ1) is 19.5. The summed E-state index contributed by atoms with van der Waals surface area (Å²) in [6.07, 6.45) is 8.20. The maximum absolute atomic E-state index is 12.0. The summed E-state index contributed by atoms with van der Waals surface area (Å²) in [6.45, 7) is 3.73. The minimum absolute atomic E-state index is 0.297. The van der Waals surface area contributed by atoms with Crippen LogP contribution in [0.5, 0.6) is 0 Å². The van der Waals surface area contributed by atoms with Gasteiger partial charge >= 0.3 is 15.5 Å². The maximum atomic E-state index is 12.0. The first-order valence-electron chi connectivity index (χ1n) is 7.27. The Hall–Kier alpha value is -1.58. The van der Waals surface area contributed by atoms with Gasteiger partial charge in [0.1, 0.15) is 12.4 Å². The molecule has 0 aliphatic heterocycles. The van der Waals surface area contributed by atoms with E-state index in [1.165, 1.54) is 0 Å². The molecular formula is C13H20F3N3O3S. The van der Waals surface area contributed by atoms with Crippen LogP contribution < -0.4 is 9.67 Å². The predicted molar refractivity (Wildman–Crippen MR) is 75.8 cm³/mol. The van der Waals surface area contributed by atoms with Crippen molar-refractivity contribution in [1.82, 2.24) is 4.57 Å². The van der Waals surface area contributed by atoms with E-state index in [1.807, 2.05) is 34.8 Å². The molecule has 0 aliphatic rings. The molecular weight excluding hydrogens is 335 g/mol. The summed E-state index contributed by atoms with van der Waals surface area (Å²) >= 11 is 0. The maximum Gasteiger partial charge on any atom is 0.518 e. The van der Waals surface area contributed by atoms with Gasteiger partial charge in [0.25, 0.3) is 0 Å². The zero-order chi connectivity index (χ0) is 17.5. The van der Waals surface area contributed by atoms with Gasteiger partial charge in [-0.3, -0.25) is 0 Å². The Kier molecular flexibility index (Phi) is 7.04. The van der Waals surface area contributed by atoms with Crippen molar-refractivity contribution in [3.63, 3.8) is 0 Å². The molecule has 0 atom stereocenters. The van der Waals surface area contributed by atoms with Crippen molar-refractivity contribution in [2.24, 2.45) is 4.40 Å². The highest BCUT2D eigenvalue weighted by Crippen LogP contribution is 2.24. The smallest absolute Gasteiger partial charge is 0.518 e. The van der Waals surface area contributed by atoms with Gasteiger partial charge in [-0.1, -0.05) is 6.42 Å². The lowest BCUT2D eigenvalue weighted by Gasteiger charge is -2.11. The van der Waals surface area contributed by atoms with E-state index in [2.05, 4.69) is 4.40 Å². The van der Waals surface area contributed by atoms with Crippen molar-refractivity contribution >= 4 is 15.9 Å². The molecule has 1 aromatic heterocycles. The van der Waals surface area contributed by atoms with Crippen LogP contribution in [0.1, 0.15) is 39.0 Å². The van der Waals surface area contributed by atoms with Gasteiger partial charge in [0.05, 0.1) is 13.1 Å². The van der Waals surface area contributed by atoms with Gasteiger partial charge < -0.3 is 5.11 Å². The third-order valence-corrected chi connectivity index (χ3v) is 4.21. The molecule has 0 saturated heterocycles. The summed E-state index contributed by atoms with van der Waals surface area (Å²) in [5.74, 6) is -1.25. The molecule has 0 bridgehead atoms. The van der Waals surface area contributed by atoms with Crippen LogP contribution in [-0.2, 0) is 23.1 Å². The Morgan fingerprint density at radius 1 is 1.26 bits per heavy atom. The second-order valence-corrected chi connectivity index (χ2v) is 6.65. The van der Waals surface area contributed by atoms with E-state index >= 15 is 0 Å². The van der Waals surface area contributed by atoms with Crippen LogP contribution in [0.2, 0.25) is 0 Å². The standard InChI is InChI=1S/C13H20F3N3O3S/c1-2-18-9-10-19(11-18)8-6-4-3-5-7-12(20)17-23(21,22)13(14,15)16/h9-11H,2-8H2,1H3. The number of unbranched alkanes of at least 4 members (excludes halogenated alkanes) is 3. The van der Waals surface area contributed by atoms with E-state index < -0.39 is 21.4 Å². The van der Waals surface area contributed by atoms with E-state index in [9.17, 15) is 26.7 Å². The molecule has 0 spiro atoms. The molecule has 10 heteroatoms. The minimum Gasteiger partial charge on any atom is -0.861 e. The number of aromatic nitrogens is 2. The Balaban J connectivity index is 2.24. The molecule has 1 aromatic rings. The summed E-state index contributed by atoms with van der Waals surface area (Å²) < 4.78 is 63.7. The molecule has 0 fully saturated rings. The van der Waals surface area contributed by atoms with Crippen molar-refractivity contribution < 1.29 is 31.3 Å². The summed E-state index contributed by atoms with van der Waals surface area (Å²) in [5, 5.41) is 11.1. The fourth-order valence-electron chi connectivity index (χ4n) is 1.91. The topological polar surface area (TPSA) is 78.4 Å². The first-order valence-corrected chi connectivity index (χ1v) is 8.71. The largest absolute Gasteiger partial charge is 0.861 e. The average molecular weight is 355 g/mol. The average Bonchev–Trinajstić information content (AvgIpc) is 2.88. The fraction of sp³-hybridized carbons (Fsp3) is 0.692. The van der Waals surface area contributed by atoms with E-state index in [1.54, 1.807) is 0 Å². The van der Waals surface area contributed by atoms with Crippen LogP contribution in [0.15, 0.2) is 23.1 Å². The summed E-state index contributed by atoms with van der Waals surface area (Å²) in [7, 11) is -5.71. The second-order valence-electron chi connectivity index (χ2n) is 5.05. The van der Waals surface area contributed by atoms with Crippen molar-refractivity contribution in [3.8, 4) is 0 Å². The highest BCUT2D eigenvalue weighted by Gasteiger charge is 2.45. The fourth-order valence-corrected chi connectivity index (χ4v) is 2.38. The predicted octanol–water partition coefficient (Wildman–Crippen LogP) is 1.35. The summed E-state index contributed by atoms with van der Waals surface area (Å²) in [4.78, 5) is 0. The lowest BCUT2D eigenvalue weighted by Crippen LogP contribution is -2.30. The Morgan fingerprint density at radius 2 is 1.91 bits per heavy atom. The molecule has 0 amide bonds. The van der Waals surface area contributed by atoms with E-state index in [4.69, 9.17) is 0 Å². The zero-order valence-corrected chi connectivity index (χ0v) is 13.6. The lowest BCUT2D eigenvalue weighted by molar-refractivity contribution is -0.696. The van der Waals surface area contributed by atoms with E-state index in [0.29, 0.717) is 12.8 Å². The third kappa shape index (κ3) is 6.59. The monoisotopic (exact) mass is 355 g/mol. The molecule has 1 heterocycles. The van der Waals surface area contributed by atoms with Gasteiger partial charge in [-0.2, -0.15) is 26.0 Å². The van der Waals surface area contributed by atoms with Crippen molar-refractivity contribution in [2.45, 2.75) is 57.6 Å². The number of hydrogen-bond donors (Lipinski definition) is 0. The number of sulfonamides is 1. The Morgan fingerprint density at radius 3 is 2.48 bits per heavy atom. The number of hydrogen-bond acceptors (Lipinski definition) is 3. The van der Waals surface area contributed by atoms with Gasteiger partial charge in [0.15, 0.2) is 0 Å². The number of rotatable bonds is 9. The van der Waals surface area contributed by atoms with Crippen LogP contribution in [0, 0.1) is 0 Å². The van der Waals surface area contributed by atoms with Gasteiger partial charge in [-0.05, 0) is 38.5 Å². The Bertz CT molecular complexity index is 624. The quantitative estimate of drug-likeness (QED) is 0.290.